The molecule has 2 nitrogen and oxygen atoms in total. The van der Waals surface area contributed by atoms with E-state index in [1.54, 1.807) is 0 Å². The van der Waals surface area contributed by atoms with Gasteiger partial charge in [-0.25, -0.2) is 0 Å². The van der Waals surface area contributed by atoms with Crippen molar-refractivity contribution in [3.05, 3.63) is 42.0 Å². The molecule has 0 aromatic heterocycles. The first-order chi connectivity index (χ1) is 8.92. The molecule has 0 saturated carbocycles. The van der Waals surface area contributed by atoms with E-state index >= 15 is 0 Å². The molecule has 1 N–H and O–H groups in total. The fraction of sp³-hybridized carbons (Fsp3) is 0.500. The van der Waals surface area contributed by atoms with E-state index < -0.39 is 0 Å². The first kappa shape index (κ1) is 11.9. The molecule has 0 radical (unpaired) electrons. The zero-order chi connectivity index (χ0) is 12.2. The Morgan fingerprint density at radius 3 is 2.94 bits per heavy atom. The van der Waals surface area contributed by atoms with Gasteiger partial charge in [0.2, 0.25) is 0 Å². The number of rotatable bonds is 3. The molecule has 0 aliphatic carbocycles. The Bertz CT molecular complexity index is 385. The van der Waals surface area contributed by atoms with Crippen molar-refractivity contribution in [1.29, 1.82) is 0 Å². The molecule has 1 aromatic rings. The van der Waals surface area contributed by atoms with E-state index in [0.717, 1.165) is 18.5 Å². The number of hydrogen-bond acceptors (Lipinski definition) is 2. The van der Waals surface area contributed by atoms with E-state index in [4.69, 9.17) is 0 Å². The molecule has 2 saturated heterocycles. The van der Waals surface area contributed by atoms with Crippen LogP contribution in [0.4, 0.5) is 0 Å². The zero-order valence-corrected chi connectivity index (χ0v) is 10.9. The van der Waals surface area contributed by atoms with Crippen LogP contribution in [-0.4, -0.2) is 37.1 Å². The molecule has 2 heteroatoms. The van der Waals surface area contributed by atoms with Crippen LogP contribution in [0.1, 0.15) is 18.4 Å². The third-order valence-electron chi connectivity index (χ3n) is 4.15. The molecule has 0 amide bonds. The molecule has 18 heavy (non-hydrogen) atoms. The van der Waals surface area contributed by atoms with Crippen molar-refractivity contribution < 1.29 is 0 Å². The van der Waals surface area contributed by atoms with Crippen LogP contribution in [0.15, 0.2) is 36.4 Å². The van der Waals surface area contributed by atoms with Crippen molar-refractivity contribution in [2.24, 2.45) is 5.92 Å². The van der Waals surface area contributed by atoms with Crippen LogP contribution in [0, 0.1) is 5.92 Å². The number of nitrogens with one attached hydrogen (secondary N) is 1. The van der Waals surface area contributed by atoms with Crippen LogP contribution in [0.25, 0.3) is 6.08 Å². The maximum Gasteiger partial charge on any atom is 0.0235 e. The van der Waals surface area contributed by atoms with Crippen LogP contribution in [0.2, 0.25) is 0 Å². The smallest absolute Gasteiger partial charge is 0.0235 e. The summed E-state index contributed by atoms with van der Waals surface area (Å²) in [5.41, 5.74) is 1.30. The number of fused-ring (bicyclic) bond motifs is 1. The first-order valence-electron chi connectivity index (χ1n) is 7.09. The Morgan fingerprint density at radius 2 is 2.11 bits per heavy atom. The quantitative estimate of drug-likeness (QED) is 0.875. The summed E-state index contributed by atoms with van der Waals surface area (Å²) >= 11 is 0. The minimum absolute atomic E-state index is 0.754. The second-order valence-corrected chi connectivity index (χ2v) is 5.49. The van der Waals surface area contributed by atoms with Gasteiger partial charge in [0.1, 0.15) is 0 Å². The topological polar surface area (TPSA) is 15.3 Å². The number of likely N-dealkylation sites (tertiary alicyclic amines) is 1. The van der Waals surface area contributed by atoms with Gasteiger partial charge in [0.05, 0.1) is 0 Å². The Kier molecular flexibility index (Phi) is 3.77. The van der Waals surface area contributed by atoms with Gasteiger partial charge in [-0.15, -0.1) is 0 Å². The summed E-state index contributed by atoms with van der Waals surface area (Å²) in [6.07, 6.45) is 7.30. The fourth-order valence-electron chi connectivity index (χ4n) is 3.19. The van der Waals surface area contributed by atoms with Crippen molar-refractivity contribution >= 4 is 6.08 Å². The molecule has 3 rings (SSSR count). The highest BCUT2D eigenvalue weighted by Crippen LogP contribution is 2.24. The molecule has 2 aliphatic rings. The van der Waals surface area contributed by atoms with E-state index in [1.165, 1.54) is 38.0 Å². The summed E-state index contributed by atoms with van der Waals surface area (Å²) in [4.78, 5) is 2.58. The summed E-state index contributed by atoms with van der Waals surface area (Å²) < 4.78 is 0. The summed E-state index contributed by atoms with van der Waals surface area (Å²) in [7, 11) is 0. The van der Waals surface area contributed by atoms with Crippen LogP contribution >= 0.6 is 0 Å². The molecule has 2 unspecified atom stereocenters. The van der Waals surface area contributed by atoms with Crippen LogP contribution < -0.4 is 5.32 Å². The second-order valence-electron chi connectivity index (χ2n) is 5.49. The summed E-state index contributed by atoms with van der Waals surface area (Å²) in [6, 6.07) is 11.3. The Balaban J connectivity index is 1.51. The number of nitrogens with zero attached hydrogens (tertiary/aromatic N) is 1. The fourth-order valence-corrected chi connectivity index (χ4v) is 3.19. The van der Waals surface area contributed by atoms with Crippen molar-refractivity contribution in [3.8, 4) is 0 Å². The van der Waals surface area contributed by atoms with Gasteiger partial charge in [-0.2, -0.15) is 0 Å². The van der Waals surface area contributed by atoms with Gasteiger partial charge >= 0.3 is 0 Å². The molecule has 2 heterocycles. The normalized spacial score (nSPS) is 28.7. The summed E-state index contributed by atoms with van der Waals surface area (Å²) in [6.45, 7) is 4.80. The lowest BCUT2D eigenvalue weighted by molar-refractivity contribution is 0.335. The predicted molar refractivity (Wildman–Crippen MR) is 76.4 cm³/mol. The Labute approximate surface area is 110 Å². The average molecular weight is 242 g/mol. The monoisotopic (exact) mass is 242 g/mol. The third-order valence-corrected chi connectivity index (χ3v) is 4.15. The first-order valence-corrected chi connectivity index (χ1v) is 7.09. The highest BCUT2D eigenvalue weighted by molar-refractivity contribution is 5.48. The Hall–Kier alpha value is -1.12. The number of piperidine rings is 1. The summed E-state index contributed by atoms with van der Waals surface area (Å²) in [5, 5.41) is 3.65. The largest absolute Gasteiger partial charge is 0.312 e. The lowest BCUT2D eigenvalue weighted by Crippen LogP contribution is -2.40. The van der Waals surface area contributed by atoms with Gasteiger partial charge in [0.25, 0.3) is 0 Å². The molecular formula is C16H22N2. The van der Waals surface area contributed by atoms with E-state index in [-0.39, 0.29) is 0 Å². The van der Waals surface area contributed by atoms with Gasteiger partial charge in [0.15, 0.2) is 0 Å². The maximum atomic E-state index is 3.65. The molecule has 0 spiro atoms. The maximum absolute atomic E-state index is 3.65. The van der Waals surface area contributed by atoms with Crippen LogP contribution in [0.3, 0.4) is 0 Å². The minimum atomic E-state index is 0.754. The van der Waals surface area contributed by atoms with E-state index in [0.29, 0.717) is 0 Å². The van der Waals surface area contributed by atoms with Crippen molar-refractivity contribution in [2.75, 3.05) is 26.2 Å². The highest BCUT2D eigenvalue weighted by atomic mass is 15.2. The molecule has 0 bridgehead atoms. The van der Waals surface area contributed by atoms with E-state index in [1.807, 2.05) is 0 Å². The molecule has 2 atom stereocenters. The van der Waals surface area contributed by atoms with E-state index in [9.17, 15) is 0 Å². The van der Waals surface area contributed by atoms with Crippen molar-refractivity contribution in [2.45, 2.75) is 18.9 Å². The lowest BCUT2D eigenvalue weighted by Gasteiger charge is -2.24. The lowest BCUT2D eigenvalue weighted by atomic mass is 9.94. The SMILES string of the molecule is C(=C\c1ccccc1)/CN1CC2CCCNC2C1. The van der Waals surface area contributed by atoms with Gasteiger partial charge in [0, 0.05) is 25.7 Å². The van der Waals surface area contributed by atoms with Crippen molar-refractivity contribution in [3.63, 3.8) is 0 Å². The molecule has 2 aliphatic heterocycles. The molecule has 96 valence electrons. The predicted octanol–water partition coefficient (Wildman–Crippen LogP) is 2.38. The van der Waals surface area contributed by atoms with Crippen LogP contribution in [0.5, 0.6) is 0 Å². The third kappa shape index (κ3) is 2.82. The standard InChI is InChI=1S/C16H22N2/c1-2-6-14(7-3-1)8-5-11-18-12-15-9-4-10-17-16(15)13-18/h1-3,5-8,15-17H,4,9-13H2/b8-5+. The molecular weight excluding hydrogens is 220 g/mol. The second kappa shape index (κ2) is 5.68. The summed E-state index contributed by atoms with van der Waals surface area (Å²) in [5.74, 6) is 0.892. The minimum Gasteiger partial charge on any atom is -0.312 e. The molecule has 2 fully saturated rings. The van der Waals surface area contributed by atoms with Gasteiger partial charge in [-0.1, -0.05) is 42.5 Å². The zero-order valence-electron chi connectivity index (χ0n) is 10.9. The molecule has 1 aromatic carbocycles. The van der Waals surface area contributed by atoms with Crippen LogP contribution in [-0.2, 0) is 0 Å². The van der Waals surface area contributed by atoms with Gasteiger partial charge in [-0.05, 0) is 30.9 Å². The Morgan fingerprint density at radius 1 is 1.22 bits per heavy atom. The number of hydrogen-bond donors (Lipinski definition) is 1. The van der Waals surface area contributed by atoms with E-state index in [2.05, 4.69) is 52.7 Å². The van der Waals surface area contributed by atoms with Gasteiger partial charge in [-0.3, -0.25) is 4.90 Å². The number of benzene rings is 1. The van der Waals surface area contributed by atoms with Gasteiger partial charge < -0.3 is 5.32 Å². The average Bonchev–Trinajstić information content (AvgIpc) is 2.82. The van der Waals surface area contributed by atoms with Crippen molar-refractivity contribution in [1.82, 2.24) is 10.2 Å². The highest BCUT2D eigenvalue weighted by Gasteiger charge is 2.33.